The van der Waals surface area contributed by atoms with Crippen molar-refractivity contribution in [2.45, 2.75) is 25.6 Å². The zero-order chi connectivity index (χ0) is 16.4. The van der Waals surface area contributed by atoms with Crippen molar-refractivity contribution in [1.82, 2.24) is 9.88 Å². The minimum Gasteiger partial charge on any atom is -0.439 e. The van der Waals surface area contributed by atoms with Gasteiger partial charge in [0.25, 0.3) is 0 Å². The van der Waals surface area contributed by atoms with Crippen LogP contribution in [0.1, 0.15) is 12.8 Å². The maximum atomic E-state index is 13.8. The third-order valence-corrected chi connectivity index (χ3v) is 3.92. The number of ether oxygens (including phenoxy) is 1. The van der Waals surface area contributed by atoms with Gasteiger partial charge in [-0.1, -0.05) is 12.1 Å². The number of carbonyl (C=O) groups excluding carboxylic acids is 1. The van der Waals surface area contributed by atoms with Gasteiger partial charge in [-0.25, -0.2) is 9.37 Å². The van der Waals surface area contributed by atoms with Crippen LogP contribution in [-0.2, 0) is 16.1 Å². The lowest BCUT2D eigenvalue weighted by molar-refractivity contribution is -0.136. The molecule has 0 bridgehead atoms. The second kappa shape index (κ2) is 6.47. The van der Waals surface area contributed by atoms with Crippen molar-refractivity contribution in [2.75, 3.05) is 13.2 Å². The predicted octanol–water partition coefficient (Wildman–Crippen LogP) is 1.56. The molecule has 0 saturated carbocycles. The molecule has 0 radical (unpaired) electrons. The molecule has 1 saturated heterocycles. The number of oxazole rings is 1. The molecular weight excluding hydrogens is 301 g/mol. The third-order valence-electron chi connectivity index (χ3n) is 3.92. The largest absolute Gasteiger partial charge is 0.439 e. The number of hydrogen-bond donors (Lipinski definition) is 1. The van der Waals surface area contributed by atoms with Crippen LogP contribution in [0.15, 0.2) is 34.9 Å². The van der Waals surface area contributed by atoms with Gasteiger partial charge in [0.1, 0.15) is 11.9 Å². The van der Waals surface area contributed by atoms with E-state index >= 15 is 0 Å². The van der Waals surface area contributed by atoms with Crippen LogP contribution in [0, 0.1) is 5.82 Å². The Morgan fingerprint density at radius 3 is 3.00 bits per heavy atom. The number of primary amides is 1. The molecule has 1 fully saturated rings. The van der Waals surface area contributed by atoms with Gasteiger partial charge in [-0.05, 0) is 19.1 Å². The monoisotopic (exact) mass is 319 g/mol. The second-order valence-corrected chi connectivity index (χ2v) is 5.49. The normalized spacial score (nSPS) is 22.2. The molecule has 1 aromatic heterocycles. The molecule has 2 aromatic rings. The summed E-state index contributed by atoms with van der Waals surface area (Å²) >= 11 is 0. The highest BCUT2D eigenvalue weighted by Crippen LogP contribution is 2.24. The Kier molecular flexibility index (Phi) is 4.40. The molecule has 2 atom stereocenters. The topological polar surface area (TPSA) is 81.6 Å². The number of nitrogens with two attached hydrogens (primary N) is 1. The molecular formula is C16H18FN3O3. The molecule has 0 unspecified atom stereocenters. The van der Waals surface area contributed by atoms with Crippen LogP contribution in [0.4, 0.5) is 4.39 Å². The van der Waals surface area contributed by atoms with Crippen LogP contribution < -0.4 is 5.73 Å². The number of aromatic nitrogens is 1. The smallest absolute Gasteiger partial charge is 0.237 e. The van der Waals surface area contributed by atoms with Crippen LogP contribution >= 0.6 is 0 Å². The first-order valence-electron chi connectivity index (χ1n) is 7.41. The van der Waals surface area contributed by atoms with E-state index < -0.39 is 11.9 Å². The Hall–Kier alpha value is -2.25. The molecule has 1 aromatic carbocycles. The number of nitrogens with zero attached hydrogens (tertiary/aromatic N) is 2. The Bertz CT molecular complexity index is 703. The molecule has 122 valence electrons. The van der Waals surface area contributed by atoms with Gasteiger partial charge in [0.15, 0.2) is 5.76 Å². The molecule has 2 heterocycles. The standard InChI is InChI=1S/C16H18FN3O3/c1-10-15(16(18)21)20(6-7-22-10)9-14-19-8-13(23-14)11-4-2-3-5-12(11)17/h2-5,8,10,15H,6-7,9H2,1H3,(H2,18,21)/t10-,15+/m1/s1. The Balaban J connectivity index is 1.78. The van der Waals surface area contributed by atoms with Gasteiger partial charge in [0.05, 0.1) is 31.0 Å². The first-order chi connectivity index (χ1) is 11.1. The molecule has 1 aliphatic rings. The van der Waals surface area contributed by atoms with E-state index in [0.717, 1.165) is 0 Å². The van der Waals surface area contributed by atoms with E-state index in [4.69, 9.17) is 14.9 Å². The van der Waals surface area contributed by atoms with Gasteiger partial charge in [-0.2, -0.15) is 0 Å². The summed E-state index contributed by atoms with van der Waals surface area (Å²) in [6.07, 6.45) is 1.19. The van der Waals surface area contributed by atoms with E-state index in [1.54, 1.807) is 18.2 Å². The fraction of sp³-hybridized carbons (Fsp3) is 0.375. The summed E-state index contributed by atoms with van der Waals surface area (Å²) in [5.41, 5.74) is 5.81. The fourth-order valence-corrected chi connectivity index (χ4v) is 2.81. The van der Waals surface area contributed by atoms with Crippen molar-refractivity contribution >= 4 is 5.91 Å². The minimum absolute atomic E-state index is 0.290. The van der Waals surface area contributed by atoms with E-state index in [-0.39, 0.29) is 11.9 Å². The summed E-state index contributed by atoms with van der Waals surface area (Å²) in [5.74, 6) is -0.0538. The highest BCUT2D eigenvalue weighted by Gasteiger charge is 2.34. The molecule has 7 heteroatoms. The number of halogens is 1. The molecule has 3 rings (SSSR count). The van der Waals surface area contributed by atoms with Crippen molar-refractivity contribution in [3.05, 3.63) is 42.2 Å². The van der Waals surface area contributed by atoms with Crippen LogP contribution in [-0.4, -0.2) is 41.1 Å². The maximum Gasteiger partial charge on any atom is 0.237 e. The van der Waals surface area contributed by atoms with Crippen molar-refractivity contribution in [2.24, 2.45) is 5.73 Å². The number of morpholine rings is 1. The Morgan fingerprint density at radius 1 is 1.48 bits per heavy atom. The summed E-state index contributed by atoms with van der Waals surface area (Å²) in [6.45, 7) is 3.18. The molecule has 2 N–H and O–H groups in total. The summed E-state index contributed by atoms with van der Waals surface area (Å²) < 4.78 is 24.9. The van der Waals surface area contributed by atoms with E-state index in [1.807, 2.05) is 11.8 Å². The number of carbonyl (C=O) groups is 1. The number of rotatable bonds is 4. The van der Waals surface area contributed by atoms with Gasteiger partial charge in [-0.3, -0.25) is 9.69 Å². The van der Waals surface area contributed by atoms with Crippen LogP contribution in [0.2, 0.25) is 0 Å². The maximum absolute atomic E-state index is 13.8. The average Bonchev–Trinajstić information content (AvgIpc) is 2.95. The highest BCUT2D eigenvalue weighted by molar-refractivity contribution is 5.80. The van der Waals surface area contributed by atoms with E-state index in [0.29, 0.717) is 36.9 Å². The van der Waals surface area contributed by atoms with Crippen molar-refractivity contribution in [1.29, 1.82) is 0 Å². The van der Waals surface area contributed by atoms with Gasteiger partial charge >= 0.3 is 0 Å². The van der Waals surface area contributed by atoms with Gasteiger partial charge in [0.2, 0.25) is 11.8 Å². The van der Waals surface area contributed by atoms with Crippen molar-refractivity contribution in [3.63, 3.8) is 0 Å². The molecule has 0 aliphatic carbocycles. The number of hydrogen-bond acceptors (Lipinski definition) is 5. The number of benzene rings is 1. The van der Waals surface area contributed by atoms with Crippen molar-refractivity contribution < 1.29 is 18.3 Å². The van der Waals surface area contributed by atoms with Gasteiger partial charge in [-0.15, -0.1) is 0 Å². The highest BCUT2D eigenvalue weighted by atomic mass is 19.1. The van der Waals surface area contributed by atoms with Crippen LogP contribution in [0.25, 0.3) is 11.3 Å². The van der Waals surface area contributed by atoms with Crippen LogP contribution in [0.5, 0.6) is 0 Å². The first kappa shape index (κ1) is 15.6. The minimum atomic E-state index is -0.535. The van der Waals surface area contributed by atoms with Crippen molar-refractivity contribution in [3.8, 4) is 11.3 Å². The van der Waals surface area contributed by atoms with E-state index in [2.05, 4.69) is 4.98 Å². The lowest BCUT2D eigenvalue weighted by Crippen LogP contribution is -2.56. The zero-order valence-corrected chi connectivity index (χ0v) is 12.7. The van der Waals surface area contributed by atoms with Gasteiger partial charge < -0.3 is 14.9 Å². The molecule has 1 amide bonds. The van der Waals surface area contributed by atoms with Gasteiger partial charge in [0, 0.05) is 6.54 Å². The molecule has 0 spiro atoms. The zero-order valence-electron chi connectivity index (χ0n) is 12.7. The second-order valence-electron chi connectivity index (χ2n) is 5.49. The third kappa shape index (κ3) is 3.25. The Morgan fingerprint density at radius 2 is 2.26 bits per heavy atom. The predicted molar refractivity (Wildman–Crippen MR) is 80.7 cm³/mol. The van der Waals surface area contributed by atoms with E-state index in [1.165, 1.54) is 12.3 Å². The molecule has 1 aliphatic heterocycles. The lowest BCUT2D eigenvalue weighted by Gasteiger charge is -2.37. The molecule has 6 nitrogen and oxygen atoms in total. The first-order valence-corrected chi connectivity index (χ1v) is 7.41. The summed E-state index contributed by atoms with van der Waals surface area (Å²) in [5, 5.41) is 0. The lowest BCUT2D eigenvalue weighted by atomic mass is 10.1. The average molecular weight is 319 g/mol. The van der Waals surface area contributed by atoms with E-state index in [9.17, 15) is 9.18 Å². The summed E-state index contributed by atoms with van der Waals surface area (Å²) in [4.78, 5) is 17.7. The fourth-order valence-electron chi connectivity index (χ4n) is 2.81. The number of amides is 1. The summed E-state index contributed by atoms with van der Waals surface area (Å²) in [7, 11) is 0. The SMILES string of the molecule is C[C@H]1OCCN(Cc2ncc(-c3ccccc3F)o2)[C@@H]1C(N)=O. The summed E-state index contributed by atoms with van der Waals surface area (Å²) in [6, 6.07) is 5.80. The molecule has 23 heavy (non-hydrogen) atoms. The quantitative estimate of drug-likeness (QED) is 0.925. The Labute approximate surface area is 133 Å². The van der Waals surface area contributed by atoms with Crippen LogP contribution in [0.3, 0.4) is 0 Å².